The molecule has 2 heterocycles. The Kier molecular flexibility index (Phi) is 4.37. The van der Waals surface area contributed by atoms with Crippen molar-refractivity contribution in [2.24, 2.45) is 0 Å². The quantitative estimate of drug-likeness (QED) is 0.817. The highest BCUT2D eigenvalue weighted by atomic mass is 16.5. The summed E-state index contributed by atoms with van der Waals surface area (Å²) in [5, 5.41) is 0.886. The Bertz CT molecular complexity index is 787. The third kappa shape index (κ3) is 3.23. The number of ether oxygens (including phenoxy) is 1. The van der Waals surface area contributed by atoms with Gasteiger partial charge in [-0.25, -0.2) is 4.79 Å². The fraction of sp³-hybridized carbons (Fsp3) is 0.444. The van der Waals surface area contributed by atoms with Crippen molar-refractivity contribution < 1.29 is 13.9 Å². The highest BCUT2D eigenvalue weighted by molar-refractivity contribution is 5.85. The first-order valence-corrected chi connectivity index (χ1v) is 8.01. The second kappa shape index (κ2) is 6.44. The Labute approximate surface area is 134 Å². The monoisotopic (exact) mass is 315 g/mol. The van der Waals surface area contributed by atoms with Crippen molar-refractivity contribution >= 4 is 16.9 Å². The SMILES string of the molecule is Cc1cc(=O)oc2c(C)c(OCC(=O)N3CCCCC3)ccc12. The van der Waals surface area contributed by atoms with Crippen LogP contribution in [0.3, 0.4) is 0 Å². The number of carbonyl (C=O) groups is 1. The lowest BCUT2D eigenvalue weighted by Crippen LogP contribution is -2.38. The molecule has 1 aromatic carbocycles. The number of carbonyl (C=O) groups excluding carboxylic acids is 1. The molecule has 5 nitrogen and oxygen atoms in total. The van der Waals surface area contributed by atoms with Crippen LogP contribution in [0.2, 0.25) is 0 Å². The second-order valence-electron chi connectivity index (χ2n) is 6.04. The lowest BCUT2D eigenvalue weighted by Gasteiger charge is -2.26. The van der Waals surface area contributed by atoms with E-state index < -0.39 is 0 Å². The van der Waals surface area contributed by atoms with Crippen LogP contribution in [0.4, 0.5) is 0 Å². The molecular formula is C18H21NO4. The molecule has 0 radical (unpaired) electrons. The molecule has 1 aliphatic heterocycles. The summed E-state index contributed by atoms with van der Waals surface area (Å²) in [6, 6.07) is 5.16. The van der Waals surface area contributed by atoms with Gasteiger partial charge < -0.3 is 14.1 Å². The zero-order valence-electron chi connectivity index (χ0n) is 13.6. The third-order valence-corrected chi connectivity index (χ3v) is 4.38. The summed E-state index contributed by atoms with van der Waals surface area (Å²) in [5.74, 6) is 0.589. The zero-order chi connectivity index (χ0) is 16.4. The average molecular weight is 315 g/mol. The van der Waals surface area contributed by atoms with Crippen molar-refractivity contribution in [1.29, 1.82) is 0 Å². The van der Waals surface area contributed by atoms with Gasteiger partial charge in [0.1, 0.15) is 11.3 Å². The predicted molar refractivity (Wildman–Crippen MR) is 87.9 cm³/mol. The maximum absolute atomic E-state index is 12.2. The fourth-order valence-corrected chi connectivity index (χ4v) is 3.03. The molecular weight excluding hydrogens is 294 g/mol. The Balaban J connectivity index is 1.79. The van der Waals surface area contributed by atoms with Crippen LogP contribution in [0.15, 0.2) is 27.4 Å². The maximum atomic E-state index is 12.2. The first-order valence-electron chi connectivity index (χ1n) is 8.01. The summed E-state index contributed by atoms with van der Waals surface area (Å²) >= 11 is 0. The molecule has 0 unspecified atom stereocenters. The fourth-order valence-electron chi connectivity index (χ4n) is 3.03. The van der Waals surface area contributed by atoms with Gasteiger partial charge in [0.15, 0.2) is 6.61 Å². The molecule has 0 spiro atoms. The Morgan fingerprint density at radius 1 is 1.22 bits per heavy atom. The molecule has 1 aromatic heterocycles. The van der Waals surface area contributed by atoms with E-state index in [1.54, 1.807) is 0 Å². The van der Waals surface area contributed by atoms with E-state index in [0.29, 0.717) is 11.3 Å². The van der Waals surface area contributed by atoms with Crippen LogP contribution in [0.1, 0.15) is 30.4 Å². The van der Waals surface area contributed by atoms with Crippen molar-refractivity contribution in [1.82, 2.24) is 4.90 Å². The van der Waals surface area contributed by atoms with Crippen molar-refractivity contribution in [3.63, 3.8) is 0 Å². The normalized spacial score (nSPS) is 15.0. The van der Waals surface area contributed by atoms with E-state index in [2.05, 4.69) is 0 Å². The molecule has 0 bridgehead atoms. The van der Waals surface area contributed by atoms with E-state index in [9.17, 15) is 9.59 Å². The van der Waals surface area contributed by atoms with Crippen LogP contribution in [0.5, 0.6) is 5.75 Å². The van der Waals surface area contributed by atoms with Crippen LogP contribution in [-0.4, -0.2) is 30.5 Å². The molecule has 5 heteroatoms. The van der Waals surface area contributed by atoms with E-state index in [-0.39, 0.29) is 18.1 Å². The molecule has 1 amide bonds. The third-order valence-electron chi connectivity index (χ3n) is 4.38. The van der Waals surface area contributed by atoms with Gasteiger partial charge in [-0.1, -0.05) is 0 Å². The number of fused-ring (bicyclic) bond motifs is 1. The molecule has 3 rings (SSSR count). The van der Waals surface area contributed by atoms with Gasteiger partial charge in [-0.15, -0.1) is 0 Å². The van der Waals surface area contributed by atoms with E-state index in [0.717, 1.165) is 42.4 Å². The Hall–Kier alpha value is -2.30. The number of amides is 1. The lowest BCUT2D eigenvalue weighted by molar-refractivity contribution is -0.134. The van der Waals surface area contributed by atoms with Crippen molar-refractivity contribution in [3.8, 4) is 5.75 Å². The number of hydrogen-bond acceptors (Lipinski definition) is 4. The first-order chi connectivity index (χ1) is 11.1. The summed E-state index contributed by atoms with van der Waals surface area (Å²) in [5.41, 5.74) is 1.77. The predicted octanol–water partition coefficient (Wildman–Crippen LogP) is 2.80. The largest absolute Gasteiger partial charge is 0.483 e. The lowest BCUT2D eigenvalue weighted by atomic mass is 10.1. The van der Waals surface area contributed by atoms with E-state index in [1.807, 2.05) is 30.9 Å². The zero-order valence-corrected chi connectivity index (χ0v) is 13.6. The molecule has 0 N–H and O–H groups in total. The Morgan fingerprint density at radius 2 is 1.96 bits per heavy atom. The number of nitrogens with zero attached hydrogens (tertiary/aromatic N) is 1. The summed E-state index contributed by atoms with van der Waals surface area (Å²) in [7, 11) is 0. The first kappa shape index (κ1) is 15.6. The van der Waals surface area contributed by atoms with E-state index in [1.165, 1.54) is 12.5 Å². The minimum atomic E-state index is -0.375. The van der Waals surface area contributed by atoms with Crippen molar-refractivity contribution in [3.05, 3.63) is 39.7 Å². The minimum absolute atomic E-state index is 0.00916. The van der Waals surface area contributed by atoms with Crippen molar-refractivity contribution in [2.45, 2.75) is 33.1 Å². The topological polar surface area (TPSA) is 59.8 Å². The van der Waals surface area contributed by atoms with E-state index in [4.69, 9.17) is 9.15 Å². The Morgan fingerprint density at radius 3 is 2.70 bits per heavy atom. The van der Waals surface area contributed by atoms with Gasteiger partial charge in [-0.05, 0) is 50.8 Å². The van der Waals surface area contributed by atoms with Gasteiger partial charge in [0, 0.05) is 30.1 Å². The summed E-state index contributed by atoms with van der Waals surface area (Å²) < 4.78 is 11.0. The molecule has 1 saturated heterocycles. The van der Waals surface area contributed by atoms with Gasteiger partial charge in [0.05, 0.1) is 0 Å². The van der Waals surface area contributed by atoms with Crippen LogP contribution in [0, 0.1) is 13.8 Å². The molecule has 0 saturated carbocycles. The smallest absolute Gasteiger partial charge is 0.336 e. The number of benzene rings is 1. The molecule has 2 aromatic rings. The molecule has 1 fully saturated rings. The van der Waals surface area contributed by atoms with Crippen LogP contribution in [-0.2, 0) is 4.79 Å². The second-order valence-corrected chi connectivity index (χ2v) is 6.04. The number of aryl methyl sites for hydroxylation is 2. The van der Waals surface area contributed by atoms with Gasteiger partial charge in [0.2, 0.25) is 0 Å². The highest BCUT2D eigenvalue weighted by Gasteiger charge is 2.18. The molecule has 0 atom stereocenters. The van der Waals surface area contributed by atoms with Crippen LogP contribution in [0.25, 0.3) is 11.0 Å². The van der Waals surface area contributed by atoms with Crippen LogP contribution >= 0.6 is 0 Å². The number of likely N-dealkylation sites (tertiary alicyclic amines) is 1. The van der Waals surface area contributed by atoms with E-state index >= 15 is 0 Å². The average Bonchev–Trinajstić information content (AvgIpc) is 2.55. The van der Waals surface area contributed by atoms with Gasteiger partial charge in [-0.2, -0.15) is 0 Å². The number of rotatable bonds is 3. The van der Waals surface area contributed by atoms with Crippen LogP contribution < -0.4 is 10.4 Å². The molecule has 23 heavy (non-hydrogen) atoms. The summed E-state index contributed by atoms with van der Waals surface area (Å²) in [6.07, 6.45) is 3.31. The summed E-state index contributed by atoms with van der Waals surface area (Å²) in [4.78, 5) is 25.6. The molecule has 0 aliphatic carbocycles. The van der Waals surface area contributed by atoms with Gasteiger partial charge in [0.25, 0.3) is 5.91 Å². The highest BCUT2D eigenvalue weighted by Crippen LogP contribution is 2.28. The van der Waals surface area contributed by atoms with Gasteiger partial charge in [-0.3, -0.25) is 4.79 Å². The number of hydrogen-bond donors (Lipinski definition) is 0. The maximum Gasteiger partial charge on any atom is 0.336 e. The standard InChI is InChI=1S/C18H21NO4/c1-12-10-17(21)23-18-13(2)15(7-6-14(12)18)22-11-16(20)19-8-4-3-5-9-19/h6-7,10H,3-5,8-9,11H2,1-2H3. The van der Waals surface area contributed by atoms with Gasteiger partial charge >= 0.3 is 5.63 Å². The minimum Gasteiger partial charge on any atom is -0.483 e. The number of piperidine rings is 1. The van der Waals surface area contributed by atoms with Crippen molar-refractivity contribution in [2.75, 3.05) is 19.7 Å². The molecule has 122 valence electrons. The summed E-state index contributed by atoms with van der Waals surface area (Å²) in [6.45, 7) is 5.35. The molecule has 1 aliphatic rings.